The summed E-state index contributed by atoms with van der Waals surface area (Å²) in [5, 5.41) is 3.48. The topological polar surface area (TPSA) is 47.0 Å². The summed E-state index contributed by atoms with van der Waals surface area (Å²) in [7, 11) is 1.61. The first kappa shape index (κ1) is 14.1. The Morgan fingerprint density at radius 3 is 2.58 bits per heavy atom. The van der Waals surface area contributed by atoms with E-state index in [1.165, 1.54) is 0 Å². The molecule has 4 nitrogen and oxygen atoms in total. The average Bonchev–Trinajstić information content (AvgIpc) is 2.36. The number of aromatic nitrogens is 2. The second-order valence-electron chi connectivity index (χ2n) is 4.00. The molecule has 0 unspecified atom stereocenters. The smallest absolute Gasteiger partial charge is 0.172 e. The molecule has 1 aromatic carbocycles. The van der Waals surface area contributed by atoms with Gasteiger partial charge in [0.1, 0.15) is 5.75 Å². The van der Waals surface area contributed by atoms with Crippen molar-refractivity contribution in [3.05, 3.63) is 39.2 Å². The molecule has 0 saturated heterocycles. The van der Waals surface area contributed by atoms with Gasteiger partial charge in [-0.15, -0.1) is 0 Å². The van der Waals surface area contributed by atoms with Gasteiger partial charge in [0.2, 0.25) is 0 Å². The maximum Gasteiger partial charge on any atom is 0.172 e. The summed E-state index contributed by atoms with van der Waals surface area (Å²) in [6, 6.07) is 5.65. The van der Waals surface area contributed by atoms with Gasteiger partial charge < -0.3 is 10.1 Å². The van der Waals surface area contributed by atoms with Gasteiger partial charge >= 0.3 is 0 Å². The summed E-state index contributed by atoms with van der Waals surface area (Å²) in [5.74, 6) is 1.22. The van der Waals surface area contributed by atoms with Gasteiger partial charge in [-0.1, -0.05) is 27.5 Å². The Balaban J connectivity index is 2.41. The third-order valence-corrected chi connectivity index (χ3v) is 3.44. The van der Waals surface area contributed by atoms with Crippen LogP contribution < -0.4 is 10.1 Å². The molecule has 0 atom stereocenters. The molecule has 1 N–H and O–H groups in total. The molecule has 0 radical (unpaired) electrons. The van der Waals surface area contributed by atoms with Gasteiger partial charge in [-0.25, -0.2) is 9.97 Å². The van der Waals surface area contributed by atoms with Crippen LogP contribution in [0.2, 0.25) is 5.15 Å². The fraction of sp³-hybridized carbons (Fsp3) is 0.231. The molecule has 6 heteroatoms. The first-order valence-electron chi connectivity index (χ1n) is 5.62. The van der Waals surface area contributed by atoms with Gasteiger partial charge in [0, 0.05) is 4.47 Å². The number of hydrogen-bond acceptors (Lipinski definition) is 4. The summed E-state index contributed by atoms with van der Waals surface area (Å²) in [6.07, 6.45) is 0. The molecule has 2 rings (SSSR count). The molecule has 100 valence electrons. The minimum Gasteiger partial charge on any atom is -0.495 e. The maximum absolute atomic E-state index is 6.10. The van der Waals surface area contributed by atoms with Crippen LogP contribution in [0.4, 0.5) is 11.5 Å². The number of hydrogen-bond donors (Lipinski definition) is 1. The quantitative estimate of drug-likeness (QED) is 0.905. The summed E-state index contributed by atoms with van der Waals surface area (Å²) in [4.78, 5) is 8.63. The molecule has 1 heterocycles. The van der Waals surface area contributed by atoms with E-state index in [2.05, 4.69) is 31.2 Å². The average molecular weight is 343 g/mol. The fourth-order valence-electron chi connectivity index (χ4n) is 1.56. The van der Waals surface area contributed by atoms with E-state index in [1.54, 1.807) is 7.11 Å². The second kappa shape index (κ2) is 5.75. The highest BCUT2D eigenvalue weighted by Crippen LogP contribution is 2.32. The van der Waals surface area contributed by atoms with Crippen molar-refractivity contribution in [2.75, 3.05) is 12.4 Å². The van der Waals surface area contributed by atoms with Crippen LogP contribution in [0.5, 0.6) is 5.75 Å². The minimum absolute atomic E-state index is 0.338. The second-order valence-corrected chi connectivity index (χ2v) is 5.28. The normalized spacial score (nSPS) is 10.4. The zero-order valence-electron chi connectivity index (χ0n) is 10.8. The molecule has 0 amide bonds. The van der Waals surface area contributed by atoms with Gasteiger partial charge in [-0.05, 0) is 32.0 Å². The monoisotopic (exact) mass is 341 g/mol. The molecule has 0 spiro atoms. The largest absolute Gasteiger partial charge is 0.495 e. The van der Waals surface area contributed by atoms with E-state index in [0.29, 0.717) is 16.7 Å². The lowest BCUT2D eigenvalue weighted by Gasteiger charge is -2.12. The van der Waals surface area contributed by atoms with Crippen molar-refractivity contribution in [3.8, 4) is 5.75 Å². The first-order valence-corrected chi connectivity index (χ1v) is 6.79. The van der Waals surface area contributed by atoms with Crippen molar-refractivity contribution in [1.82, 2.24) is 9.97 Å². The number of methoxy groups -OCH3 is 1. The summed E-state index contributed by atoms with van der Waals surface area (Å²) >= 11 is 9.52. The van der Waals surface area contributed by atoms with E-state index in [1.807, 2.05) is 32.0 Å². The number of halogens is 2. The van der Waals surface area contributed by atoms with Crippen LogP contribution in [0.3, 0.4) is 0 Å². The Hall–Kier alpha value is -1.33. The van der Waals surface area contributed by atoms with Crippen LogP contribution in [0.25, 0.3) is 0 Å². The lowest BCUT2D eigenvalue weighted by molar-refractivity contribution is 0.416. The molecule has 0 bridgehead atoms. The molecule has 0 fully saturated rings. The van der Waals surface area contributed by atoms with Crippen LogP contribution in [-0.2, 0) is 0 Å². The predicted octanol–water partition coefficient (Wildman–Crippen LogP) is 4.26. The Morgan fingerprint density at radius 1 is 1.21 bits per heavy atom. The van der Waals surface area contributed by atoms with E-state index >= 15 is 0 Å². The molecule has 0 saturated carbocycles. The molecule has 1 aromatic heterocycles. The summed E-state index contributed by atoms with van der Waals surface area (Å²) in [6.45, 7) is 3.76. The Bertz CT molecular complexity index is 619. The van der Waals surface area contributed by atoms with Crippen LogP contribution in [0, 0.1) is 13.8 Å². The number of nitrogens with zero attached hydrogens (tertiary/aromatic N) is 2. The van der Waals surface area contributed by atoms with Crippen LogP contribution in [0.15, 0.2) is 22.7 Å². The Kier molecular flexibility index (Phi) is 4.27. The Labute approximate surface area is 125 Å². The van der Waals surface area contributed by atoms with Gasteiger partial charge in [-0.2, -0.15) is 0 Å². The van der Waals surface area contributed by atoms with Crippen LogP contribution in [-0.4, -0.2) is 17.1 Å². The zero-order valence-corrected chi connectivity index (χ0v) is 13.1. The Morgan fingerprint density at radius 2 is 1.89 bits per heavy atom. The van der Waals surface area contributed by atoms with Crippen molar-refractivity contribution in [1.29, 1.82) is 0 Å². The van der Waals surface area contributed by atoms with Crippen LogP contribution >= 0.6 is 27.5 Å². The molecule has 0 aliphatic heterocycles. The maximum atomic E-state index is 6.10. The van der Waals surface area contributed by atoms with Gasteiger partial charge in [0.25, 0.3) is 0 Å². The summed E-state index contributed by atoms with van der Waals surface area (Å²) < 4.78 is 6.23. The number of anilines is 2. The van der Waals surface area contributed by atoms with Crippen molar-refractivity contribution in [2.24, 2.45) is 0 Å². The van der Waals surface area contributed by atoms with Crippen LogP contribution in [0.1, 0.15) is 11.4 Å². The molecule has 2 aromatic rings. The lowest BCUT2D eigenvalue weighted by atomic mass is 10.3. The van der Waals surface area contributed by atoms with Crippen molar-refractivity contribution < 1.29 is 4.74 Å². The van der Waals surface area contributed by atoms with Crippen molar-refractivity contribution in [2.45, 2.75) is 13.8 Å². The summed E-state index contributed by atoms with van der Waals surface area (Å²) in [5.41, 5.74) is 2.42. The number of benzene rings is 1. The van der Waals surface area contributed by atoms with Gasteiger partial charge in [0.15, 0.2) is 11.0 Å². The van der Waals surface area contributed by atoms with Gasteiger partial charge in [-0.3, -0.25) is 0 Å². The number of nitrogens with one attached hydrogen (secondary N) is 1. The molecule has 0 aliphatic rings. The number of rotatable bonds is 3. The lowest BCUT2D eigenvalue weighted by Crippen LogP contribution is -2.02. The standard InChI is InChI=1S/C13H13BrClN3O/c1-7-8(2)17-13(12(15)16-7)18-10-6-9(14)4-5-11(10)19-3/h4-6H,1-3H3,(H,17,18). The fourth-order valence-corrected chi connectivity index (χ4v) is 2.14. The van der Waals surface area contributed by atoms with Crippen molar-refractivity contribution >= 4 is 39.0 Å². The van der Waals surface area contributed by atoms with E-state index in [4.69, 9.17) is 16.3 Å². The molecular weight excluding hydrogens is 330 g/mol. The highest BCUT2D eigenvalue weighted by molar-refractivity contribution is 9.10. The number of aryl methyl sites for hydroxylation is 2. The highest BCUT2D eigenvalue weighted by atomic mass is 79.9. The molecule has 0 aliphatic carbocycles. The minimum atomic E-state index is 0.338. The highest BCUT2D eigenvalue weighted by Gasteiger charge is 2.10. The molecular formula is C13H13BrClN3O. The van der Waals surface area contributed by atoms with E-state index in [9.17, 15) is 0 Å². The zero-order chi connectivity index (χ0) is 14.0. The van der Waals surface area contributed by atoms with Gasteiger partial charge in [0.05, 0.1) is 24.2 Å². The third kappa shape index (κ3) is 3.16. The predicted molar refractivity (Wildman–Crippen MR) is 80.5 cm³/mol. The first-order chi connectivity index (χ1) is 9.01. The van der Waals surface area contributed by atoms with Crippen molar-refractivity contribution in [3.63, 3.8) is 0 Å². The third-order valence-electron chi connectivity index (χ3n) is 2.68. The van der Waals surface area contributed by atoms with E-state index in [-0.39, 0.29) is 0 Å². The van der Waals surface area contributed by atoms with E-state index in [0.717, 1.165) is 21.5 Å². The molecule has 19 heavy (non-hydrogen) atoms. The van der Waals surface area contributed by atoms with E-state index < -0.39 is 0 Å². The number of ether oxygens (including phenoxy) is 1. The SMILES string of the molecule is COc1ccc(Br)cc1Nc1nc(C)c(C)nc1Cl.